The van der Waals surface area contributed by atoms with Crippen molar-refractivity contribution in [2.45, 2.75) is 13.1 Å². The maximum atomic E-state index is 12.3. The Morgan fingerprint density at radius 3 is 2.40 bits per heavy atom. The van der Waals surface area contributed by atoms with Crippen LogP contribution < -0.4 is 4.74 Å². The summed E-state index contributed by atoms with van der Waals surface area (Å²) in [5, 5.41) is 0. The molecule has 1 aromatic rings. The van der Waals surface area contributed by atoms with E-state index in [0.717, 1.165) is 12.1 Å². The van der Waals surface area contributed by atoms with Gasteiger partial charge in [-0.1, -0.05) is 0 Å². The van der Waals surface area contributed by atoms with Gasteiger partial charge in [-0.2, -0.15) is 13.2 Å². The van der Waals surface area contributed by atoms with Crippen LogP contribution in [0.15, 0.2) is 18.2 Å². The number of methoxy groups -OCH3 is 1. The van der Waals surface area contributed by atoms with E-state index in [-0.39, 0.29) is 6.79 Å². The number of rotatable bonds is 3. The van der Waals surface area contributed by atoms with E-state index in [0.29, 0.717) is 11.3 Å². The normalized spacial score (nSPS) is 11.5. The SMILES string of the molecule is COCOc1ccc(C(F)(F)F)cc1C. The highest BCUT2D eigenvalue weighted by Gasteiger charge is 2.30. The minimum absolute atomic E-state index is 0.0200. The Bertz CT molecular complexity index is 334. The van der Waals surface area contributed by atoms with Gasteiger partial charge in [0.05, 0.1) is 5.56 Å². The Morgan fingerprint density at radius 1 is 1.27 bits per heavy atom. The molecule has 0 radical (unpaired) electrons. The molecule has 0 N–H and O–H groups in total. The van der Waals surface area contributed by atoms with E-state index in [9.17, 15) is 13.2 Å². The van der Waals surface area contributed by atoms with E-state index >= 15 is 0 Å². The molecule has 0 amide bonds. The first-order valence-corrected chi connectivity index (χ1v) is 4.24. The number of hydrogen-bond donors (Lipinski definition) is 0. The van der Waals surface area contributed by atoms with Crippen LogP contribution in [0.5, 0.6) is 5.75 Å². The van der Waals surface area contributed by atoms with Crippen molar-refractivity contribution in [1.29, 1.82) is 0 Å². The standard InChI is InChI=1S/C10H11F3O2/c1-7-5-8(10(11,12)13)3-4-9(7)15-6-14-2/h3-5H,6H2,1-2H3. The van der Waals surface area contributed by atoms with E-state index in [1.807, 2.05) is 0 Å². The highest BCUT2D eigenvalue weighted by atomic mass is 19.4. The molecular weight excluding hydrogens is 209 g/mol. The van der Waals surface area contributed by atoms with Gasteiger partial charge in [-0.05, 0) is 30.7 Å². The van der Waals surface area contributed by atoms with Gasteiger partial charge in [-0.15, -0.1) is 0 Å². The topological polar surface area (TPSA) is 18.5 Å². The van der Waals surface area contributed by atoms with Crippen molar-refractivity contribution in [2.75, 3.05) is 13.9 Å². The van der Waals surface area contributed by atoms with Crippen LogP contribution in [0.25, 0.3) is 0 Å². The summed E-state index contributed by atoms with van der Waals surface area (Å²) in [6.07, 6.45) is -4.31. The summed E-state index contributed by atoms with van der Waals surface area (Å²) in [4.78, 5) is 0. The molecule has 84 valence electrons. The van der Waals surface area contributed by atoms with Crippen LogP contribution in [0.3, 0.4) is 0 Å². The number of alkyl halides is 3. The maximum absolute atomic E-state index is 12.3. The van der Waals surface area contributed by atoms with Crippen molar-refractivity contribution in [2.24, 2.45) is 0 Å². The third-order valence-electron chi connectivity index (χ3n) is 1.83. The molecule has 15 heavy (non-hydrogen) atoms. The molecule has 1 aromatic carbocycles. The summed E-state index contributed by atoms with van der Waals surface area (Å²) < 4.78 is 46.6. The van der Waals surface area contributed by atoms with Crippen LogP contribution in [0.1, 0.15) is 11.1 Å². The molecule has 0 atom stereocenters. The van der Waals surface area contributed by atoms with Crippen LogP contribution >= 0.6 is 0 Å². The van der Waals surface area contributed by atoms with Crippen LogP contribution in [0.2, 0.25) is 0 Å². The molecule has 0 saturated carbocycles. The van der Waals surface area contributed by atoms with E-state index in [4.69, 9.17) is 4.74 Å². The third-order valence-corrected chi connectivity index (χ3v) is 1.83. The predicted molar refractivity (Wildman–Crippen MR) is 48.7 cm³/mol. The lowest BCUT2D eigenvalue weighted by Gasteiger charge is -2.11. The second kappa shape index (κ2) is 4.53. The molecule has 0 unspecified atom stereocenters. The van der Waals surface area contributed by atoms with Crippen LogP contribution in [0.4, 0.5) is 13.2 Å². The molecule has 0 bridgehead atoms. The first kappa shape index (κ1) is 11.8. The largest absolute Gasteiger partial charge is 0.467 e. The Labute approximate surface area is 85.6 Å². The molecule has 0 aliphatic carbocycles. The average molecular weight is 220 g/mol. The van der Waals surface area contributed by atoms with Gasteiger partial charge < -0.3 is 9.47 Å². The van der Waals surface area contributed by atoms with Gasteiger partial charge in [0.25, 0.3) is 0 Å². The summed E-state index contributed by atoms with van der Waals surface area (Å²) in [5.41, 5.74) is -0.244. The monoisotopic (exact) mass is 220 g/mol. The van der Waals surface area contributed by atoms with Crippen molar-refractivity contribution >= 4 is 0 Å². The van der Waals surface area contributed by atoms with Crippen molar-refractivity contribution in [1.82, 2.24) is 0 Å². The van der Waals surface area contributed by atoms with Gasteiger partial charge in [-0.3, -0.25) is 0 Å². The second-order valence-electron chi connectivity index (χ2n) is 3.03. The molecule has 0 fully saturated rings. The van der Waals surface area contributed by atoms with Crippen LogP contribution in [-0.4, -0.2) is 13.9 Å². The minimum atomic E-state index is -4.31. The number of aryl methyl sites for hydroxylation is 1. The quantitative estimate of drug-likeness (QED) is 0.729. The van der Waals surface area contributed by atoms with Crippen LogP contribution in [0, 0.1) is 6.92 Å². The Kier molecular flexibility index (Phi) is 3.57. The summed E-state index contributed by atoms with van der Waals surface area (Å²) in [6.45, 7) is 1.58. The first-order valence-electron chi connectivity index (χ1n) is 4.24. The highest BCUT2D eigenvalue weighted by Crippen LogP contribution is 2.32. The summed E-state index contributed by atoms with van der Waals surface area (Å²) in [6, 6.07) is 3.32. The zero-order chi connectivity index (χ0) is 11.5. The van der Waals surface area contributed by atoms with E-state index in [1.165, 1.54) is 13.2 Å². The molecule has 0 saturated heterocycles. The zero-order valence-electron chi connectivity index (χ0n) is 8.39. The lowest BCUT2D eigenvalue weighted by atomic mass is 10.1. The number of halogens is 3. The lowest BCUT2D eigenvalue weighted by molar-refractivity contribution is -0.137. The van der Waals surface area contributed by atoms with Crippen molar-refractivity contribution in [3.05, 3.63) is 29.3 Å². The first-order chi connectivity index (χ1) is 6.95. The number of hydrogen-bond acceptors (Lipinski definition) is 2. The molecular formula is C10H11F3O2. The van der Waals surface area contributed by atoms with Crippen molar-refractivity contribution in [3.8, 4) is 5.75 Å². The maximum Gasteiger partial charge on any atom is 0.416 e. The summed E-state index contributed by atoms with van der Waals surface area (Å²) >= 11 is 0. The molecule has 0 aliphatic heterocycles. The molecule has 0 spiro atoms. The van der Waals surface area contributed by atoms with Crippen molar-refractivity contribution in [3.63, 3.8) is 0 Å². The zero-order valence-corrected chi connectivity index (χ0v) is 8.39. The van der Waals surface area contributed by atoms with Gasteiger partial charge in [-0.25, -0.2) is 0 Å². The van der Waals surface area contributed by atoms with Gasteiger partial charge in [0, 0.05) is 7.11 Å². The van der Waals surface area contributed by atoms with Gasteiger partial charge >= 0.3 is 6.18 Å². The van der Waals surface area contributed by atoms with Gasteiger partial charge in [0.2, 0.25) is 0 Å². The number of ether oxygens (including phenoxy) is 2. The molecule has 0 aliphatic rings. The van der Waals surface area contributed by atoms with Crippen LogP contribution in [-0.2, 0) is 10.9 Å². The minimum Gasteiger partial charge on any atom is -0.467 e. The fraction of sp³-hybridized carbons (Fsp3) is 0.400. The predicted octanol–water partition coefficient (Wildman–Crippen LogP) is 3.00. The fourth-order valence-electron chi connectivity index (χ4n) is 1.11. The summed E-state index contributed by atoms with van der Waals surface area (Å²) in [7, 11) is 1.44. The third kappa shape index (κ3) is 3.13. The second-order valence-corrected chi connectivity index (χ2v) is 3.03. The fourth-order valence-corrected chi connectivity index (χ4v) is 1.11. The molecule has 1 rings (SSSR count). The van der Waals surface area contributed by atoms with Crippen molar-refractivity contribution < 1.29 is 22.6 Å². The average Bonchev–Trinajstić information content (AvgIpc) is 2.14. The molecule has 0 aromatic heterocycles. The smallest absolute Gasteiger partial charge is 0.416 e. The Morgan fingerprint density at radius 2 is 1.93 bits per heavy atom. The molecule has 5 heteroatoms. The van der Waals surface area contributed by atoms with Gasteiger partial charge in [0.1, 0.15) is 5.75 Å². The Hall–Kier alpha value is -1.23. The highest BCUT2D eigenvalue weighted by molar-refractivity contribution is 5.37. The van der Waals surface area contributed by atoms with Gasteiger partial charge in [0.15, 0.2) is 6.79 Å². The number of benzene rings is 1. The van der Waals surface area contributed by atoms with E-state index in [2.05, 4.69) is 4.74 Å². The Balaban J connectivity index is 2.88. The lowest BCUT2D eigenvalue weighted by Crippen LogP contribution is -2.06. The van der Waals surface area contributed by atoms with E-state index in [1.54, 1.807) is 6.92 Å². The van der Waals surface area contributed by atoms with E-state index < -0.39 is 11.7 Å². The summed E-state index contributed by atoms with van der Waals surface area (Å²) in [5.74, 6) is 0.393. The molecule has 2 nitrogen and oxygen atoms in total. The molecule has 0 heterocycles.